The van der Waals surface area contributed by atoms with Crippen LogP contribution >= 0.6 is 11.3 Å². The lowest BCUT2D eigenvalue weighted by Crippen LogP contribution is -2.11. The van der Waals surface area contributed by atoms with Gasteiger partial charge in [0.05, 0.1) is 17.8 Å². The van der Waals surface area contributed by atoms with Gasteiger partial charge in [0.25, 0.3) is 0 Å². The number of aryl methyl sites for hydroxylation is 1. The Bertz CT molecular complexity index is 496. The lowest BCUT2D eigenvalue weighted by molar-refractivity contribution is 0.310. The van der Waals surface area contributed by atoms with Gasteiger partial charge >= 0.3 is 0 Å². The lowest BCUT2D eigenvalue weighted by Gasteiger charge is -2.06. The number of hydrogen-bond donors (Lipinski definition) is 1. The Morgan fingerprint density at radius 2 is 2.21 bits per heavy atom. The Kier molecular flexibility index (Phi) is 5.30. The minimum absolute atomic E-state index is 0.641. The van der Waals surface area contributed by atoms with E-state index in [-0.39, 0.29) is 0 Å². The van der Waals surface area contributed by atoms with Crippen molar-refractivity contribution in [2.24, 2.45) is 0 Å². The van der Waals surface area contributed by atoms with Crippen LogP contribution in [0.4, 0.5) is 0 Å². The lowest BCUT2D eigenvalue weighted by atomic mass is 10.3. The third-order valence-electron chi connectivity index (χ3n) is 2.80. The summed E-state index contributed by atoms with van der Waals surface area (Å²) in [7, 11) is 0. The van der Waals surface area contributed by atoms with Gasteiger partial charge in [0.1, 0.15) is 0 Å². The molecule has 2 aromatic rings. The van der Waals surface area contributed by atoms with Crippen molar-refractivity contribution in [3.63, 3.8) is 0 Å². The molecule has 0 fully saturated rings. The van der Waals surface area contributed by atoms with Gasteiger partial charge in [0, 0.05) is 30.1 Å². The van der Waals surface area contributed by atoms with Crippen molar-refractivity contribution in [1.82, 2.24) is 15.3 Å². The van der Waals surface area contributed by atoms with E-state index in [0.29, 0.717) is 12.5 Å². The van der Waals surface area contributed by atoms with E-state index in [2.05, 4.69) is 22.2 Å². The zero-order valence-electron chi connectivity index (χ0n) is 11.3. The molecule has 0 amide bonds. The first-order chi connectivity index (χ1) is 9.29. The minimum atomic E-state index is 0.641. The average molecular weight is 277 g/mol. The monoisotopic (exact) mass is 277 g/mol. The normalized spacial score (nSPS) is 10.6. The van der Waals surface area contributed by atoms with Gasteiger partial charge in [-0.25, -0.2) is 9.97 Å². The van der Waals surface area contributed by atoms with Crippen LogP contribution in [-0.4, -0.2) is 23.1 Å². The number of nitrogens with one attached hydrogen (secondary N) is 1. The molecule has 2 aromatic heterocycles. The maximum Gasteiger partial charge on any atom is 0.213 e. The Labute approximate surface area is 117 Å². The summed E-state index contributed by atoms with van der Waals surface area (Å²) in [5.41, 5.74) is 4.15. The van der Waals surface area contributed by atoms with Gasteiger partial charge in [-0.3, -0.25) is 0 Å². The summed E-state index contributed by atoms with van der Waals surface area (Å²) >= 11 is 1.68. The zero-order chi connectivity index (χ0) is 13.5. The molecular weight excluding hydrogens is 258 g/mol. The van der Waals surface area contributed by atoms with Crippen molar-refractivity contribution >= 4 is 11.3 Å². The van der Waals surface area contributed by atoms with Crippen LogP contribution < -0.4 is 10.1 Å². The van der Waals surface area contributed by atoms with Crippen molar-refractivity contribution in [3.8, 4) is 5.88 Å². The van der Waals surface area contributed by atoms with Crippen molar-refractivity contribution in [3.05, 3.63) is 40.0 Å². The van der Waals surface area contributed by atoms with E-state index in [1.54, 1.807) is 11.3 Å². The van der Waals surface area contributed by atoms with Gasteiger partial charge in [0.15, 0.2) is 0 Å². The van der Waals surface area contributed by atoms with Gasteiger partial charge < -0.3 is 10.1 Å². The fourth-order valence-electron chi connectivity index (χ4n) is 1.68. The first-order valence-electron chi connectivity index (χ1n) is 6.47. The molecule has 4 nitrogen and oxygen atoms in total. The molecule has 0 unspecified atom stereocenters. The maximum atomic E-state index is 5.64. The average Bonchev–Trinajstić information content (AvgIpc) is 2.84. The summed E-state index contributed by atoms with van der Waals surface area (Å²) in [5.74, 6) is 0.683. The summed E-state index contributed by atoms with van der Waals surface area (Å²) < 4.78 is 5.64. The predicted octanol–water partition coefficient (Wildman–Crippen LogP) is 2.58. The van der Waals surface area contributed by atoms with Gasteiger partial charge in [-0.2, -0.15) is 0 Å². The van der Waals surface area contributed by atoms with Crippen molar-refractivity contribution in [2.75, 3.05) is 13.2 Å². The maximum absolute atomic E-state index is 5.64. The Balaban J connectivity index is 1.78. The molecule has 1 N–H and O–H groups in total. The summed E-state index contributed by atoms with van der Waals surface area (Å²) in [6.45, 7) is 6.57. The number of thiazole rings is 1. The molecule has 0 aromatic carbocycles. The van der Waals surface area contributed by atoms with Crippen LogP contribution in [0, 0.1) is 6.92 Å². The molecule has 0 radical (unpaired) electrons. The predicted molar refractivity (Wildman–Crippen MR) is 77.7 cm³/mol. The molecule has 0 aliphatic heterocycles. The van der Waals surface area contributed by atoms with E-state index in [1.165, 1.54) is 10.4 Å². The quantitative estimate of drug-likeness (QED) is 0.845. The molecule has 0 bridgehead atoms. The first-order valence-corrected chi connectivity index (χ1v) is 7.35. The second-order valence-corrected chi connectivity index (χ2v) is 5.18. The van der Waals surface area contributed by atoms with E-state index >= 15 is 0 Å². The Morgan fingerprint density at radius 1 is 1.32 bits per heavy atom. The summed E-state index contributed by atoms with van der Waals surface area (Å²) in [6.07, 6.45) is 2.74. The third-order valence-corrected chi connectivity index (χ3v) is 3.80. The molecular formula is C14H19N3OS. The highest BCUT2D eigenvalue weighted by Gasteiger charge is 2.02. The Hall–Kier alpha value is -1.46. The molecule has 0 saturated heterocycles. The standard InChI is InChI=1S/C14H19N3OS/c1-3-15-8-12-4-5-14(16-9-12)18-7-6-13-11(2)17-10-19-13/h4-5,9-10,15H,3,6-8H2,1-2H3. The van der Waals surface area contributed by atoms with E-state index in [9.17, 15) is 0 Å². The fraction of sp³-hybridized carbons (Fsp3) is 0.429. The number of pyridine rings is 1. The smallest absolute Gasteiger partial charge is 0.213 e. The van der Waals surface area contributed by atoms with Gasteiger partial charge in [-0.05, 0) is 19.0 Å². The minimum Gasteiger partial charge on any atom is -0.477 e. The SMILES string of the molecule is CCNCc1ccc(OCCc2scnc2C)nc1. The van der Waals surface area contributed by atoms with Crippen molar-refractivity contribution in [1.29, 1.82) is 0 Å². The van der Waals surface area contributed by atoms with Crippen LogP contribution in [0.15, 0.2) is 23.8 Å². The van der Waals surface area contributed by atoms with E-state index in [4.69, 9.17) is 4.74 Å². The molecule has 2 heterocycles. The highest BCUT2D eigenvalue weighted by Crippen LogP contribution is 2.14. The second kappa shape index (κ2) is 7.21. The summed E-state index contributed by atoms with van der Waals surface area (Å²) in [5, 5.41) is 3.27. The largest absolute Gasteiger partial charge is 0.477 e. The van der Waals surface area contributed by atoms with Crippen molar-refractivity contribution in [2.45, 2.75) is 26.8 Å². The Morgan fingerprint density at radius 3 is 2.84 bits per heavy atom. The molecule has 19 heavy (non-hydrogen) atoms. The summed E-state index contributed by atoms with van der Waals surface area (Å²) in [4.78, 5) is 9.80. The first kappa shape index (κ1) is 14.0. The number of aromatic nitrogens is 2. The van der Waals surface area contributed by atoms with Gasteiger partial charge in [-0.1, -0.05) is 13.0 Å². The topological polar surface area (TPSA) is 47.0 Å². The van der Waals surface area contributed by atoms with E-state index < -0.39 is 0 Å². The molecule has 0 aliphatic carbocycles. The highest BCUT2D eigenvalue weighted by atomic mass is 32.1. The molecule has 0 saturated carbocycles. The molecule has 0 spiro atoms. The van der Waals surface area contributed by atoms with E-state index in [0.717, 1.165) is 25.2 Å². The van der Waals surface area contributed by atoms with Crippen LogP contribution in [-0.2, 0) is 13.0 Å². The van der Waals surface area contributed by atoms with Crippen molar-refractivity contribution < 1.29 is 4.74 Å². The van der Waals surface area contributed by atoms with Crippen LogP contribution in [0.2, 0.25) is 0 Å². The van der Waals surface area contributed by atoms with Crippen LogP contribution in [0.1, 0.15) is 23.1 Å². The number of rotatable bonds is 7. The van der Waals surface area contributed by atoms with E-state index in [1.807, 2.05) is 30.8 Å². The second-order valence-electron chi connectivity index (χ2n) is 4.24. The molecule has 5 heteroatoms. The molecule has 0 aliphatic rings. The van der Waals surface area contributed by atoms with Gasteiger partial charge in [0.2, 0.25) is 5.88 Å². The van der Waals surface area contributed by atoms with Crippen LogP contribution in [0.25, 0.3) is 0 Å². The van der Waals surface area contributed by atoms with Crippen LogP contribution in [0.5, 0.6) is 5.88 Å². The highest BCUT2D eigenvalue weighted by molar-refractivity contribution is 7.09. The third kappa shape index (κ3) is 4.29. The number of hydrogen-bond acceptors (Lipinski definition) is 5. The number of ether oxygens (including phenoxy) is 1. The molecule has 0 atom stereocenters. The fourth-order valence-corrected chi connectivity index (χ4v) is 2.45. The molecule has 102 valence electrons. The zero-order valence-corrected chi connectivity index (χ0v) is 12.2. The number of nitrogens with zero attached hydrogens (tertiary/aromatic N) is 2. The summed E-state index contributed by atoms with van der Waals surface area (Å²) in [6, 6.07) is 3.97. The van der Waals surface area contributed by atoms with Crippen LogP contribution in [0.3, 0.4) is 0 Å². The molecule has 2 rings (SSSR count). The van der Waals surface area contributed by atoms with Gasteiger partial charge in [-0.15, -0.1) is 11.3 Å².